The Labute approximate surface area is 116 Å². The number of carbonyl (C=O) groups is 2. The van der Waals surface area contributed by atoms with Crippen molar-refractivity contribution in [3.8, 4) is 0 Å². The summed E-state index contributed by atoms with van der Waals surface area (Å²) in [5.74, 6) is -0.538. The maximum absolute atomic E-state index is 12.3. The van der Waals surface area contributed by atoms with Crippen molar-refractivity contribution in [1.29, 1.82) is 0 Å². The average molecular weight is 266 g/mol. The topological polar surface area (TPSA) is 63.4 Å². The third-order valence-electron chi connectivity index (χ3n) is 3.46. The van der Waals surface area contributed by atoms with Gasteiger partial charge in [0.25, 0.3) is 11.8 Å². The monoisotopic (exact) mass is 266 g/mol. The molecule has 0 saturated heterocycles. The van der Waals surface area contributed by atoms with E-state index in [1.807, 2.05) is 31.2 Å². The molecule has 0 fully saturated rings. The Bertz CT molecular complexity index is 705. The quantitative estimate of drug-likeness (QED) is 0.670. The standard InChI is InChI=1S/C16H14N2O2/c1-10-2-4-11(5-3-10)9-18-15(19)13-7-6-12(17)8-14(13)16(18)20/h2-8H,9,17H2,1H3. The maximum atomic E-state index is 12.3. The summed E-state index contributed by atoms with van der Waals surface area (Å²) in [6.45, 7) is 2.28. The molecule has 0 aliphatic carbocycles. The minimum absolute atomic E-state index is 0.259. The normalized spacial score (nSPS) is 13.8. The highest BCUT2D eigenvalue weighted by Crippen LogP contribution is 2.26. The molecule has 1 heterocycles. The number of carbonyl (C=O) groups excluding carboxylic acids is 2. The van der Waals surface area contributed by atoms with Gasteiger partial charge in [0.05, 0.1) is 17.7 Å². The highest BCUT2D eigenvalue weighted by molar-refractivity contribution is 6.21. The number of rotatable bonds is 2. The maximum Gasteiger partial charge on any atom is 0.261 e. The summed E-state index contributed by atoms with van der Waals surface area (Å²) in [5.41, 5.74) is 9.05. The van der Waals surface area contributed by atoms with E-state index in [0.717, 1.165) is 11.1 Å². The Kier molecular flexibility index (Phi) is 2.79. The number of fused-ring (bicyclic) bond motifs is 1. The van der Waals surface area contributed by atoms with Crippen molar-refractivity contribution >= 4 is 17.5 Å². The molecule has 0 aromatic heterocycles. The second-order valence-corrected chi connectivity index (χ2v) is 4.99. The molecule has 2 aromatic rings. The van der Waals surface area contributed by atoms with Crippen molar-refractivity contribution in [1.82, 2.24) is 4.90 Å². The van der Waals surface area contributed by atoms with Crippen molar-refractivity contribution in [2.75, 3.05) is 5.73 Å². The van der Waals surface area contributed by atoms with E-state index in [1.165, 1.54) is 4.90 Å². The molecule has 0 saturated carbocycles. The summed E-state index contributed by atoms with van der Waals surface area (Å²) in [5, 5.41) is 0. The highest BCUT2D eigenvalue weighted by Gasteiger charge is 2.35. The second-order valence-electron chi connectivity index (χ2n) is 4.99. The van der Waals surface area contributed by atoms with E-state index in [1.54, 1.807) is 18.2 Å². The Morgan fingerprint density at radius 2 is 1.60 bits per heavy atom. The highest BCUT2D eigenvalue weighted by atomic mass is 16.2. The number of nitrogens with zero attached hydrogens (tertiary/aromatic N) is 1. The van der Waals surface area contributed by atoms with Crippen molar-refractivity contribution in [3.63, 3.8) is 0 Å². The van der Waals surface area contributed by atoms with E-state index in [4.69, 9.17) is 5.73 Å². The van der Waals surface area contributed by atoms with Crippen LogP contribution < -0.4 is 5.73 Å². The average Bonchev–Trinajstić information content (AvgIpc) is 2.66. The molecule has 0 radical (unpaired) electrons. The summed E-state index contributed by atoms with van der Waals surface area (Å²) in [6, 6.07) is 12.6. The van der Waals surface area contributed by atoms with Crippen LogP contribution in [0.15, 0.2) is 42.5 Å². The van der Waals surface area contributed by atoms with Crippen LogP contribution in [0.3, 0.4) is 0 Å². The van der Waals surface area contributed by atoms with Gasteiger partial charge in [0.2, 0.25) is 0 Å². The number of hydrogen-bond acceptors (Lipinski definition) is 3. The molecule has 20 heavy (non-hydrogen) atoms. The molecular weight excluding hydrogens is 252 g/mol. The summed E-state index contributed by atoms with van der Waals surface area (Å²) in [4.78, 5) is 25.8. The first-order chi connectivity index (χ1) is 9.56. The molecule has 0 unspecified atom stereocenters. The van der Waals surface area contributed by atoms with Gasteiger partial charge in [0.15, 0.2) is 0 Å². The van der Waals surface area contributed by atoms with Crippen LogP contribution in [-0.4, -0.2) is 16.7 Å². The molecule has 4 nitrogen and oxygen atoms in total. The van der Waals surface area contributed by atoms with Gasteiger partial charge >= 0.3 is 0 Å². The predicted octanol–water partition coefficient (Wildman–Crippen LogP) is 2.37. The Morgan fingerprint density at radius 1 is 0.950 bits per heavy atom. The molecule has 2 aromatic carbocycles. The number of hydrogen-bond donors (Lipinski definition) is 1. The first-order valence-corrected chi connectivity index (χ1v) is 6.37. The lowest BCUT2D eigenvalue weighted by Gasteiger charge is -2.13. The van der Waals surface area contributed by atoms with Crippen LogP contribution >= 0.6 is 0 Å². The molecular formula is C16H14N2O2. The van der Waals surface area contributed by atoms with Crippen molar-refractivity contribution < 1.29 is 9.59 Å². The van der Waals surface area contributed by atoms with E-state index in [-0.39, 0.29) is 18.4 Å². The van der Waals surface area contributed by atoms with E-state index in [9.17, 15) is 9.59 Å². The van der Waals surface area contributed by atoms with Crippen LogP contribution in [0.2, 0.25) is 0 Å². The van der Waals surface area contributed by atoms with E-state index in [0.29, 0.717) is 16.8 Å². The number of benzene rings is 2. The molecule has 0 spiro atoms. The molecule has 4 heteroatoms. The lowest BCUT2D eigenvalue weighted by Crippen LogP contribution is -2.29. The molecule has 2 amide bonds. The van der Waals surface area contributed by atoms with Gasteiger partial charge in [-0.25, -0.2) is 0 Å². The Morgan fingerprint density at radius 3 is 2.30 bits per heavy atom. The van der Waals surface area contributed by atoms with Gasteiger partial charge in [-0.2, -0.15) is 0 Å². The number of nitrogens with two attached hydrogens (primary N) is 1. The summed E-state index contributed by atoms with van der Waals surface area (Å²) >= 11 is 0. The largest absolute Gasteiger partial charge is 0.399 e. The Balaban J connectivity index is 1.91. The molecule has 3 rings (SSSR count). The fraction of sp³-hybridized carbons (Fsp3) is 0.125. The van der Waals surface area contributed by atoms with Crippen molar-refractivity contribution in [2.24, 2.45) is 0 Å². The van der Waals surface area contributed by atoms with Crippen LogP contribution in [-0.2, 0) is 6.54 Å². The minimum Gasteiger partial charge on any atom is -0.399 e. The lowest BCUT2D eigenvalue weighted by atomic mass is 10.1. The van der Waals surface area contributed by atoms with Gasteiger partial charge in [0.1, 0.15) is 0 Å². The zero-order valence-corrected chi connectivity index (χ0v) is 11.1. The van der Waals surface area contributed by atoms with Crippen LogP contribution in [0.1, 0.15) is 31.8 Å². The first-order valence-electron chi connectivity index (χ1n) is 6.37. The van der Waals surface area contributed by atoms with Crippen LogP contribution in [0.5, 0.6) is 0 Å². The minimum atomic E-state index is -0.280. The van der Waals surface area contributed by atoms with Gasteiger partial charge in [-0.3, -0.25) is 14.5 Å². The Hall–Kier alpha value is -2.62. The molecule has 0 atom stereocenters. The molecule has 2 N–H and O–H groups in total. The van der Waals surface area contributed by atoms with Gasteiger partial charge in [0, 0.05) is 5.69 Å². The van der Waals surface area contributed by atoms with Crippen molar-refractivity contribution in [3.05, 3.63) is 64.7 Å². The molecule has 1 aliphatic heterocycles. The number of aryl methyl sites for hydroxylation is 1. The summed E-state index contributed by atoms with van der Waals surface area (Å²) in [6.07, 6.45) is 0. The fourth-order valence-corrected chi connectivity index (χ4v) is 2.33. The van der Waals surface area contributed by atoms with Crippen LogP contribution in [0.25, 0.3) is 0 Å². The zero-order valence-electron chi connectivity index (χ0n) is 11.1. The second kappa shape index (κ2) is 4.49. The summed E-state index contributed by atoms with van der Waals surface area (Å²) in [7, 11) is 0. The molecule has 1 aliphatic rings. The SMILES string of the molecule is Cc1ccc(CN2C(=O)c3ccc(N)cc3C2=O)cc1. The zero-order chi connectivity index (χ0) is 14.3. The number of nitrogen functional groups attached to an aromatic ring is 1. The number of imide groups is 1. The smallest absolute Gasteiger partial charge is 0.261 e. The predicted molar refractivity (Wildman–Crippen MR) is 76.2 cm³/mol. The fourth-order valence-electron chi connectivity index (χ4n) is 2.33. The van der Waals surface area contributed by atoms with Crippen LogP contribution in [0.4, 0.5) is 5.69 Å². The van der Waals surface area contributed by atoms with Gasteiger partial charge in [-0.05, 0) is 30.7 Å². The van der Waals surface area contributed by atoms with E-state index < -0.39 is 0 Å². The third-order valence-corrected chi connectivity index (χ3v) is 3.46. The first kappa shape index (κ1) is 12.4. The van der Waals surface area contributed by atoms with Gasteiger partial charge in [-0.15, -0.1) is 0 Å². The van der Waals surface area contributed by atoms with E-state index >= 15 is 0 Å². The summed E-state index contributed by atoms with van der Waals surface area (Å²) < 4.78 is 0. The molecule has 0 bridgehead atoms. The van der Waals surface area contributed by atoms with Gasteiger partial charge < -0.3 is 5.73 Å². The number of anilines is 1. The third kappa shape index (κ3) is 1.95. The lowest BCUT2D eigenvalue weighted by molar-refractivity contribution is 0.0642. The van der Waals surface area contributed by atoms with E-state index in [2.05, 4.69) is 0 Å². The van der Waals surface area contributed by atoms with Gasteiger partial charge in [-0.1, -0.05) is 29.8 Å². The number of amides is 2. The van der Waals surface area contributed by atoms with Crippen molar-refractivity contribution in [2.45, 2.75) is 13.5 Å². The van der Waals surface area contributed by atoms with Crippen LogP contribution in [0, 0.1) is 6.92 Å². The molecule has 100 valence electrons.